The molecule has 0 aliphatic heterocycles. The molecule has 5 fully saturated rings. The average molecular weight is 389 g/mol. The molecule has 5 aliphatic carbocycles. The fraction of sp³-hybridized carbons (Fsp3) is 0.917. The molecule has 0 heterocycles. The molecule has 28 heavy (non-hydrogen) atoms. The average Bonchev–Trinajstić information content (AvgIpc) is 2.69. The minimum absolute atomic E-state index is 0.00183. The van der Waals surface area contributed by atoms with Gasteiger partial charge in [0.05, 0.1) is 0 Å². The highest BCUT2D eigenvalue weighted by molar-refractivity contribution is 5.83. The number of carbonyl (C=O) groups is 2. The number of amides is 2. The highest BCUT2D eigenvalue weighted by Crippen LogP contribution is 2.60. The fourth-order valence-corrected chi connectivity index (χ4v) is 7.10. The van der Waals surface area contributed by atoms with E-state index in [4.69, 9.17) is 0 Å². The molecule has 4 heteroatoms. The Kier molecular flexibility index (Phi) is 6.62. The van der Waals surface area contributed by atoms with Crippen LogP contribution in [0.15, 0.2) is 0 Å². The Morgan fingerprint density at radius 3 is 1.82 bits per heavy atom. The van der Waals surface area contributed by atoms with Crippen molar-refractivity contribution in [3.63, 3.8) is 0 Å². The summed E-state index contributed by atoms with van der Waals surface area (Å²) in [5.74, 6) is 3.42. The molecule has 2 N–H and O–H groups in total. The van der Waals surface area contributed by atoms with E-state index in [9.17, 15) is 9.59 Å². The maximum absolute atomic E-state index is 12.9. The summed E-state index contributed by atoms with van der Waals surface area (Å²) in [5.41, 5.74) is -0.00183. The zero-order valence-corrected chi connectivity index (χ0v) is 17.6. The van der Waals surface area contributed by atoms with E-state index < -0.39 is 0 Å². The maximum Gasteiger partial charge on any atom is 0.226 e. The van der Waals surface area contributed by atoms with Crippen molar-refractivity contribution in [3.8, 4) is 0 Å². The van der Waals surface area contributed by atoms with Crippen molar-refractivity contribution < 1.29 is 9.59 Å². The Balaban J connectivity index is 1.05. The van der Waals surface area contributed by atoms with E-state index in [1.807, 2.05) is 0 Å². The Labute approximate surface area is 171 Å². The predicted molar refractivity (Wildman–Crippen MR) is 112 cm³/mol. The third-order valence-electron chi connectivity index (χ3n) is 8.18. The lowest BCUT2D eigenvalue weighted by Gasteiger charge is -2.55. The number of unbranched alkanes of at least 4 members (excludes halogenated alkanes) is 3. The van der Waals surface area contributed by atoms with Gasteiger partial charge in [0.1, 0.15) is 0 Å². The lowest BCUT2D eigenvalue weighted by molar-refractivity contribution is -0.146. The summed E-state index contributed by atoms with van der Waals surface area (Å²) in [7, 11) is 0. The van der Waals surface area contributed by atoms with Crippen LogP contribution >= 0.6 is 0 Å². The second kappa shape index (κ2) is 9.17. The van der Waals surface area contributed by atoms with E-state index in [0.717, 1.165) is 88.6 Å². The molecule has 0 aromatic rings. The van der Waals surface area contributed by atoms with Gasteiger partial charge in [-0.2, -0.15) is 0 Å². The number of hydrogen-bond acceptors (Lipinski definition) is 2. The Hall–Kier alpha value is -1.06. The molecule has 158 valence electrons. The molecule has 0 spiro atoms. The van der Waals surface area contributed by atoms with E-state index in [0.29, 0.717) is 5.91 Å². The largest absolute Gasteiger partial charge is 0.356 e. The summed E-state index contributed by atoms with van der Waals surface area (Å²) in [6.45, 7) is 1.64. The molecule has 5 saturated carbocycles. The Morgan fingerprint density at radius 1 is 0.714 bits per heavy atom. The normalized spacial score (nSPS) is 34.4. The van der Waals surface area contributed by atoms with Gasteiger partial charge >= 0.3 is 0 Å². The fourth-order valence-electron chi connectivity index (χ4n) is 7.10. The first-order valence-electron chi connectivity index (χ1n) is 12.2. The van der Waals surface area contributed by atoms with Gasteiger partial charge in [0, 0.05) is 24.4 Å². The zero-order valence-electron chi connectivity index (χ0n) is 17.6. The number of carbonyl (C=O) groups excluding carboxylic acids is 2. The van der Waals surface area contributed by atoms with E-state index in [1.165, 1.54) is 38.5 Å². The summed E-state index contributed by atoms with van der Waals surface area (Å²) >= 11 is 0. The zero-order chi connectivity index (χ0) is 19.4. The van der Waals surface area contributed by atoms with Crippen LogP contribution in [-0.4, -0.2) is 24.9 Å². The van der Waals surface area contributed by atoms with Gasteiger partial charge in [-0.15, -0.1) is 0 Å². The topological polar surface area (TPSA) is 58.2 Å². The van der Waals surface area contributed by atoms with Crippen molar-refractivity contribution in [1.29, 1.82) is 0 Å². The van der Waals surface area contributed by atoms with E-state index >= 15 is 0 Å². The smallest absolute Gasteiger partial charge is 0.226 e. The van der Waals surface area contributed by atoms with Crippen molar-refractivity contribution in [2.24, 2.45) is 29.1 Å². The Bertz CT molecular complexity index is 518. The quantitative estimate of drug-likeness (QED) is 0.568. The molecule has 5 aliphatic rings. The van der Waals surface area contributed by atoms with Gasteiger partial charge in [0.15, 0.2) is 0 Å². The third-order valence-corrected chi connectivity index (χ3v) is 8.18. The van der Waals surface area contributed by atoms with Crippen LogP contribution < -0.4 is 10.6 Å². The van der Waals surface area contributed by atoms with Gasteiger partial charge < -0.3 is 10.6 Å². The molecular weight excluding hydrogens is 348 g/mol. The molecule has 0 saturated heterocycles. The van der Waals surface area contributed by atoms with Crippen LogP contribution in [0, 0.1) is 29.1 Å². The first-order chi connectivity index (χ1) is 13.6. The molecule has 5 rings (SSSR count). The van der Waals surface area contributed by atoms with Gasteiger partial charge in [0.25, 0.3) is 0 Å². The van der Waals surface area contributed by atoms with E-state index in [2.05, 4.69) is 10.6 Å². The first-order valence-corrected chi connectivity index (χ1v) is 12.2. The van der Waals surface area contributed by atoms with Gasteiger partial charge in [-0.25, -0.2) is 0 Å². The number of rotatable bonds is 9. The lowest BCUT2D eigenvalue weighted by atomic mass is 9.49. The van der Waals surface area contributed by atoms with Crippen LogP contribution in [0.1, 0.15) is 96.3 Å². The van der Waals surface area contributed by atoms with Gasteiger partial charge in [0.2, 0.25) is 11.8 Å². The standard InChI is InChI=1S/C24H40N2O2/c27-22(21-8-4-3-5-9-21)25-10-6-1-2-7-11-26-23(28)24-15-18-12-19(16-24)14-20(13-18)17-24/h18-21H,1-17H2,(H,25,27)(H,26,28). The maximum atomic E-state index is 12.9. The predicted octanol–water partition coefficient (Wildman–Crippen LogP) is 4.58. The highest BCUT2D eigenvalue weighted by Gasteiger charge is 2.54. The van der Waals surface area contributed by atoms with Crippen LogP contribution in [0.25, 0.3) is 0 Å². The summed E-state index contributed by atoms with van der Waals surface area (Å²) in [6.07, 6.45) is 17.9. The van der Waals surface area contributed by atoms with Crippen molar-refractivity contribution in [2.75, 3.05) is 13.1 Å². The van der Waals surface area contributed by atoms with E-state index in [-0.39, 0.29) is 17.2 Å². The van der Waals surface area contributed by atoms with Gasteiger partial charge in [-0.1, -0.05) is 32.1 Å². The molecule has 0 atom stereocenters. The minimum atomic E-state index is -0.00183. The van der Waals surface area contributed by atoms with Crippen LogP contribution in [0.5, 0.6) is 0 Å². The summed E-state index contributed by atoms with van der Waals surface area (Å²) in [6, 6.07) is 0. The summed E-state index contributed by atoms with van der Waals surface area (Å²) < 4.78 is 0. The molecule has 0 radical (unpaired) electrons. The molecule has 0 aromatic heterocycles. The molecule has 0 unspecified atom stereocenters. The number of hydrogen-bond donors (Lipinski definition) is 2. The monoisotopic (exact) mass is 388 g/mol. The van der Waals surface area contributed by atoms with Crippen LogP contribution in [0.2, 0.25) is 0 Å². The summed E-state index contributed by atoms with van der Waals surface area (Å²) in [5, 5.41) is 6.41. The summed E-state index contributed by atoms with van der Waals surface area (Å²) in [4.78, 5) is 25.0. The van der Waals surface area contributed by atoms with Crippen molar-refractivity contribution in [1.82, 2.24) is 10.6 Å². The van der Waals surface area contributed by atoms with Crippen LogP contribution in [-0.2, 0) is 9.59 Å². The molecule has 2 amide bonds. The van der Waals surface area contributed by atoms with Crippen molar-refractivity contribution >= 4 is 11.8 Å². The van der Waals surface area contributed by atoms with Crippen molar-refractivity contribution in [3.05, 3.63) is 0 Å². The highest BCUT2D eigenvalue weighted by atomic mass is 16.2. The molecular formula is C24H40N2O2. The molecule has 0 aromatic carbocycles. The van der Waals surface area contributed by atoms with E-state index in [1.54, 1.807) is 0 Å². The lowest BCUT2D eigenvalue weighted by Crippen LogP contribution is -2.53. The third kappa shape index (κ3) is 4.74. The van der Waals surface area contributed by atoms with Crippen LogP contribution in [0.4, 0.5) is 0 Å². The Morgan fingerprint density at radius 2 is 1.25 bits per heavy atom. The SMILES string of the molecule is O=C(NCCCCCCNC(=O)C12CC3CC(CC(C3)C1)C2)C1CCCCC1. The number of nitrogens with one attached hydrogen (secondary N) is 2. The van der Waals surface area contributed by atoms with Gasteiger partial charge in [-0.3, -0.25) is 9.59 Å². The second-order valence-electron chi connectivity index (χ2n) is 10.5. The van der Waals surface area contributed by atoms with Crippen LogP contribution in [0.3, 0.4) is 0 Å². The first kappa shape index (κ1) is 20.2. The molecule has 4 nitrogen and oxygen atoms in total. The van der Waals surface area contributed by atoms with Crippen molar-refractivity contribution in [2.45, 2.75) is 96.3 Å². The molecule has 4 bridgehead atoms. The van der Waals surface area contributed by atoms with Gasteiger partial charge in [-0.05, 0) is 82.0 Å². The minimum Gasteiger partial charge on any atom is -0.356 e. The second-order valence-corrected chi connectivity index (χ2v) is 10.5.